The standard InChI is InChI=1S/C12H16FNO4/c1-18-6-5-8(7-15)14-11-9(12(16)17)3-2-4-10(11)13/h2-4,8,14-15H,5-7H2,1H3,(H,16,17). The first-order valence-electron chi connectivity index (χ1n) is 5.48. The van der Waals surface area contributed by atoms with Crippen molar-refractivity contribution in [1.82, 2.24) is 0 Å². The van der Waals surface area contributed by atoms with Crippen LogP contribution in [0.5, 0.6) is 0 Å². The van der Waals surface area contributed by atoms with Gasteiger partial charge in [0.1, 0.15) is 5.82 Å². The third-order valence-electron chi connectivity index (χ3n) is 2.48. The van der Waals surface area contributed by atoms with Crippen molar-refractivity contribution >= 4 is 11.7 Å². The number of hydrogen-bond donors (Lipinski definition) is 3. The molecule has 18 heavy (non-hydrogen) atoms. The van der Waals surface area contributed by atoms with E-state index in [0.29, 0.717) is 13.0 Å². The highest BCUT2D eigenvalue weighted by Gasteiger charge is 2.17. The van der Waals surface area contributed by atoms with Crippen LogP contribution in [0.15, 0.2) is 18.2 Å². The number of carboxylic acid groups (broad SMARTS) is 1. The van der Waals surface area contributed by atoms with Crippen molar-refractivity contribution in [2.24, 2.45) is 0 Å². The molecule has 0 bridgehead atoms. The lowest BCUT2D eigenvalue weighted by Crippen LogP contribution is -2.27. The van der Waals surface area contributed by atoms with Crippen LogP contribution in [0.2, 0.25) is 0 Å². The molecule has 1 aromatic carbocycles. The Morgan fingerprint density at radius 1 is 1.56 bits per heavy atom. The van der Waals surface area contributed by atoms with Crippen LogP contribution in [-0.2, 0) is 4.74 Å². The van der Waals surface area contributed by atoms with Crippen molar-refractivity contribution in [3.8, 4) is 0 Å². The Hall–Kier alpha value is -1.66. The first-order chi connectivity index (χ1) is 8.60. The summed E-state index contributed by atoms with van der Waals surface area (Å²) in [6.45, 7) is 0.145. The number of benzene rings is 1. The Labute approximate surface area is 104 Å². The minimum atomic E-state index is -1.22. The summed E-state index contributed by atoms with van der Waals surface area (Å²) in [5.74, 6) is -1.88. The maximum absolute atomic E-state index is 13.6. The van der Waals surface area contributed by atoms with Gasteiger partial charge in [0, 0.05) is 13.7 Å². The van der Waals surface area contributed by atoms with E-state index in [1.54, 1.807) is 0 Å². The fourth-order valence-electron chi connectivity index (χ4n) is 1.52. The van der Waals surface area contributed by atoms with Gasteiger partial charge in [-0.2, -0.15) is 0 Å². The molecule has 0 radical (unpaired) electrons. The average Bonchev–Trinajstić information content (AvgIpc) is 2.35. The Morgan fingerprint density at radius 3 is 2.83 bits per heavy atom. The maximum atomic E-state index is 13.6. The third-order valence-corrected chi connectivity index (χ3v) is 2.48. The molecule has 1 unspecified atom stereocenters. The molecule has 0 aliphatic heterocycles. The number of aliphatic hydroxyl groups excluding tert-OH is 1. The number of carbonyl (C=O) groups is 1. The molecular formula is C12H16FNO4. The molecular weight excluding hydrogens is 241 g/mol. The molecule has 1 aromatic rings. The van der Waals surface area contributed by atoms with Gasteiger partial charge in [-0.1, -0.05) is 6.07 Å². The van der Waals surface area contributed by atoms with Crippen LogP contribution in [0.4, 0.5) is 10.1 Å². The van der Waals surface area contributed by atoms with E-state index in [0.717, 1.165) is 0 Å². The summed E-state index contributed by atoms with van der Waals surface area (Å²) in [5.41, 5.74) is -0.272. The third kappa shape index (κ3) is 3.68. The Morgan fingerprint density at radius 2 is 2.28 bits per heavy atom. The van der Waals surface area contributed by atoms with E-state index in [1.807, 2.05) is 0 Å². The van der Waals surface area contributed by atoms with Gasteiger partial charge in [-0.3, -0.25) is 0 Å². The number of hydrogen-bond acceptors (Lipinski definition) is 4. The average molecular weight is 257 g/mol. The van der Waals surface area contributed by atoms with E-state index >= 15 is 0 Å². The first-order valence-corrected chi connectivity index (χ1v) is 5.48. The highest BCUT2D eigenvalue weighted by Crippen LogP contribution is 2.21. The second kappa shape index (κ2) is 6.93. The van der Waals surface area contributed by atoms with Gasteiger partial charge in [0.15, 0.2) is 0 Å². The topological polar surface area (TPSA) is 78.8 Å². The van der Waals surface area contributed by atoms with Crippen LogP contribution in [0.25, 0.3) is 0 Å². The maximum Gasteiger partial charge on any atom is 0.337 e. The molecule has 0 saturated heterocycles. The van der Waals surface area contributed by atoms with Crippen molar-refractivity contribution in [2.75, 3.05) is 25.6 Å². The number of halogens is 1. The zero-order valence-electron chi connectivity index (χ0n) is 10.0. The summed E-state index contributed by atoms with van der Waals surface area (Å²) in [7, 11) is 1.51. The molecule has 0 aliphatic rings. The van der Waals surface area contributed by atoms with Gasteiger partial charge < -0.3 is 20.3 Å². The molecule has 0 amide bonds. The molecule has 0 fully saturated rings. The van der Waals surface area contributed by atoms with Crippen LogP contribution >= 0.6 is 0 Å². The lowest BCUT2D eigenvalue weighted by Gasteiger charge is -2.19. The van der Waals surface area contributed by atoms with Crippen molar-refractivity contribution in [3.63, 3.8) is 0 Å². The number of para-hydroxylation sites is 1. The molecule has 0 heterocycles. The fraction of sp³-hybridized carbons (Fsp3) is 0.417. The van der Waals surface area contributed by atoms with Gasteiger partial charge in [0.25, 0.3) is 0 Å². The highest BCUT2D eigenvalue weighted by atomic mass is 19.1. The molecule has 0 aliphatic carbocycles. The molecule has 5 nitrogen and oxygen atoms in total. The predicted octanol–water partition coefficient (Wildman–Crippen LogP) is 1.33. The van der Waals surface area contributed by atoms with Gasteiger partial charge >= 0.3 is 5.97 Å². The highest BCUT2D eigenvalue weighted by molar-refractivity contribution is 5.94. The van der Waals surface area contributed by atoms with Crippen LogP contribution < -0.4 is 5.32 Å². The van der Waals surface area contributed by atoms with Crippen molar-refractivity contribution in [1.29, 1.82) is 0 Å². The quantitative estimate of drug-likeness (QED) is 0.687. The largest absolute Gasteiger partial charge is 0.478 e. The van der Waals surface area contributed by atoms with Crippen LogP contribution in [0.1, 0.15) is 16.8 Å². The zero-order valence-corrected chi connectivity index (χ0v) is 10.0. The van der Waals surface area contributed by atoms with Crippen molar-refractivity contribution in [3.05, 3.63) is 29.6 Å². The number of carboxylic acids is 1. The van der Waals surface area contributed by atoms with Crippen LogP contribution in [0, 0.1) is 5.82 Å². The monoisotopic (exact) mass is 257 g/mol. The number of anilines is 1. The number of aliphatic hydroxyl groups is 1. The summed E-state index contributed by atoms with van der Waals surface area (Å²) in [5, 5.41) is 20.8. The second-order valence-corrected chi connectivity index (χ2v) is 3.77. The number of ether oxygens (including phenoxy) is 1. The van der Waals surface area contributed by atoms with Crippen molar-refractivity contribution < 1.29 is 24.1 Å². The summed E-state index contributed by atoms with van der Waals surface area (Å²) < 4.78 is 18.4. The summed E-state index contributed by atoms with van der Waals surface area (Å²) in [6, 6.07) is 3.34. The Kier molecular flexibility index (Phi) is 5.54. The zero-order chi connectivity index (χ0) is 13.5. The van der Waals surface area contributed by atoms with E-state index in [-0.39, 0.29) is 17.9 Å². The Bertz CT molecular complexity index is 411. The molecule has 1 atom stereocenters. The second-order valence-electron chi connectivity index (χ2n) is 3.77. The van der Waals surface area contributed by atoms with E-state index in [1.165, 1.54) is 25.3 Å². The smallest absolute Gasteiger partial charge is 0.337 e. The van der Waals surface area contributed by atoms with E-state index in [4.69, 9.17) is 14.9 Å². The van der Waals surface area contributed by atoms with Gasteiger partial charge in [-0.25, -0.2) is 9.18 Å². The van der Waals surface area contributed by atoms with Gasteiger partial charge in [-0.05, 0) is 18.6 Å². The van der Waals surface area contributed by atoms with E-state index in [2.05, 4.69) is 5.32 Å². The molecule has 0 saturated carbocycles. The number of nitrogens with one attached hydrogen (secondary N) is 1. The number of rotatable bonds is 7. The summed E-state index contributed by atoms with van der Waals surface area (Å²) in [6.07, 6.45) is 0.445. The minimum Gasteiger partial charge on any atom is -0.478 e. The molecule has 0 aromatic heterocycles. The van der Waals surface area contributed by atoms with E-state index in [9.17, 15) is 9.18 Å². The summed E-state index contributed by atoms with van der Waals surface area (Å²) in [4.78, 5) is 11.0. The Balaban J connectivity index is 2.90. The van der Waals surface area contributed by atoms with Gasteiger partial charge in [0.05, 0.1) is 23.9 Å². The van der Waals surface area contributed by atoms with Crippen LogP contribution in [-0.4, -0.2) is 42.5 Å². The van der Waals surface area contributed by atoms with Gasteiger partial charge in [0.2, 0.25) is 0 Å². The molecule has 1 rings (SSSR count). The molecule has 0 spiro atoms. The number of methoxy groups -OCH3 is 1. The SMILES string of the molecule is COCCC(CO)Nc1c(F)cccc1C(=O)O. The lowest BCUT2D eigenvalue weighted by molar-refractivity contribution is 0.0697. The normalized spacial score (nSPS) is 12.2. The summed E-state index contributed by atoms with van der Waals surface area (Å²) >= 11 is 0. The van der Waals surface area contributed by atoms with E-state index < -0.39 is 17.8 Å². The van der Waals surface area contributed by atoms with Crippen molar-refractivity contribution in [2.45, 2.75) is 12.5 Å². The molecule has 6 heteroatoms. The first kappa shape index (κ1) is 14.4. The van der Waals surface area contributed by atoms with Crippen LogP contribution in [0.3, 0.4) is 0 Å². The molecule has 3 N–H and O–H groups in total. The fourth-order valence-corrected chi connectivity index (χ4v) is 1.52. The lowest BCUT2D eigenvalue weighted by atomic mass is 10.1. The molecule has 100 valence electrons. The van der Waals surface area contributed by atoms with Gasteiger partial charge in [-0.15, -0.1) is 0 Å². The predicted molar refractivity (Wildman–Crippen MR) is 64.3 cm³/mol. The minimum absolute atomic E-state index is 0.111. The number of aromatic carboxylic acids is 1.